The van der Waals surface area contributed by atoms with Gasteiger partial charge in [-0.15, -0.1) is 0 Å². The van der Waals surface area contributed by atoms with Crippen molar-refractivity contribution < 1.29 is 9.18 Å². The second kappa shape index (κ2) is 7.34. The van der Waals surface area contributed by atoms with Crippen LogP contribution in [0.15, 0.2) is 49.1 Å². The Hall–Kier alpha value is -3.48. The SMILES string of the molecule is Cc1cc(F)c(C(=O)NC2CC2)cc1-c1cnn(-c2cnc3ccc(C(C)C)cn23)c1. The van der Waals surface area contributed by atoms with Gasteiger partial charge >= 0.3 is 0 Å². The fraction of sp³-hybridized carbons (Fsp3) is 0.292. The Balaban J connectivity index is 1.53. The molecule has 0 aliphatic heterocycles. The van der Waals surface area contributed by atoms with Crippen LogP contribution in [0.3, 0.4) is 0 Å². The molecule has 6 nitrogen and oxygen atoms in total. The van der Waals surface area contributed by atoms with E-state index in [1.54, 1.807) is 23.1 Å². The molecule has 1 saturated carbocycles. The molecule has 3 aromatic heterocycles. The number of pyridine rings is 1. The van der Waals surface area contributed by atoms with Gasteiger partial charge in [-0.3, -0.25) is 9.20 Å². The Bertz CT molecular complexity index is 1300. The molecular formula is C24H24FN5O. The Kier molecular flexibility index (Phi) is 4.61. The maximum Gasteiger partial charge on any atom is 0.254 e. The van der Waals surface area contributed by atoms with Gasteiger partial charge in [-0.25, -0.2) is 14.1 Å². The number of fused-ring (bicyclic) bond motifs is 1. The molecule has 0 radical (unpaired) electrons. The van der Waals surface area contributed by atoms with Gasteiger partial charge < -0.3 is 5.32 Å². The minimum atomic E-state index is -0.505. The van der Waals surface area contributed by atoms with Gasteiger partial charge in [0.15, 0.2) is 5.82 Å². The maximum atomic E-state index is 14.5. The first kappa shape index (κ1) is 19.5. The number of carbonyl (C=O) groups is 1. The van der Waals surface area contributed by atoms with Crippen LogP contribution in [0.4, 0.5) is 4.39 Å². The van der Waals surface area contributed by atoms with Crippen molar-refractivity contribution in [3.8, 4) is 16.9 Å². The number of nitrogens with zero attached hydrogens (tertiary/aromatic N) is 4. The predicted molar refractivity (Wildman–Crippen MR) is 117 cm³/mol. The van der Waals surface area contributed by atoms with E-state index < -0.39 is 5.82 Å². The molecule has 0 atom stereocenters. The quantitative estimate of drug-likeness (QED) is 0.514. The third-order valence-electron chi connectivity index (χ3n) is 5.78. The lowest BCUT2D eigenvalue weighted by atomic mass is 9.99. The molecule has 0 saturated heterocycles. The first-order chi connectivity index (χ1) is 14.9. The second-order valence-electron chi connectivity index (χ2n) is 8.53. The smallest absolute Gasteiger partial charge is 0.254 e. The number of nitrogens with one attached hydrogen (secondary N) is 1. The summed E-state index contributed by atoms with van der Waals surface area (Å²) >= 11 is 0. The standard InChI is InChI=1S/C24H24FN5O/c1-14(2)16-4-7-22-26-11-23(29(22)12-16)30-13-17(10-27-30)19-9-20(21(25)8-15(19)3)24(31)28-18-5-6-18/h4,7-14,18H,5-6H2,1-3H3,(H,28,31). The zero-order valence-corrected chi connectivity index (χ0v) is 17.8. The number of hydrogen-bond acceptors (Lipinski definition) is 3. The molecule has 3 heterocycles. The van der Waals surface area contributed by atoms with Crippen LogP contribution in [0.2, 0.25) is 0 Å². The van der Waals surface area contributed by atoms with Crippen LogP contribution >= 0.6 is 0 Å². The lowest BCUT2D eigenvalue weighted by molar-refractivity contribution is 0.0947. The molecule has 5 rings (SSSR count). The molecule has 7 heteroatoms. The van der Waals surface area contributed by atoms with E-state index in [0.29, 0.717) is 5.92 Å². The molecule has 1 aliphatic carbocycles. The largest absolute Gasteiger partial charge is 0.349 e. The van der Waals surface area contributed by atoms with Crippen LogP contribution in [0.5, 0.6) is 0 Å². The summed E-state index contributed by atoms with van der Waals surface area (Å²) in [6.45, 7) is 6.14. The van der Waals surface area contributed by atoms with E-state index in [2.05, 4.69) is 41.5 Å². The molecule has 1 N–H and O–H groups in total. The van der Waals surface area contributed by atoms with Gasteiger partial charge in [0.05, 0.1) is 18.0 Å². The lowest BCUT2D eigenvalue weighted by Crippen LogP contribution is -2.26. The summed E-state index contributed by atoms with van der Waals surface area (Å²) in [4.78, 5) is 16.9. The number of aryl methyl sites for hydroxylation is 1. The minimum Gasteiger partial charge on any atom is -0.349 e. The van der Waals surface area contributed by atoms with Crippen molar-refractivity contribution in [2.24, 2.45) is 0 Å². The van der Waals surface area contributed by atoms with Crippen LogP contribution in [-0.2, 0) is 0 Å². The van der Waals surface area contributed by atoms with Crippen LogP contribution in [0.25, 0.3) is 22.6 Å². The average molecular weight is 417 g/mol. The molecular weight excluding hydrogens is 393 g/mol. The van der Waals surface area contributed by atoms with Gasteiger partial charge in [0, 0.05) is 24.0 Å². The van der Waals surface area contributed by atoms with Crippen molar-refractivity contribution in [1.29, 1.82) is 0 Å². The van der Waals surface area contributed by atoms with E-state index in [1.165, 1.54) is 11.6 Å². The second-order valence-corrected chi connectivity index (χ2v) is 8.53. The molecule has 0 bridgehead atoms. The number of amides is 1. The van der Waals surface area contributed by atoms with E-state index in [9.17, 15) is 9.18 Å². The van der Waals surface area contributed by atoms with Gasteiger partial charge in [-0.05, 0) is 60.6 Å². The first-order valence-corrected chi connectivity index (χ1v) is 10.5. The first-order valence-electron chi connectivity index (χ1n) is 10.5. The number of halogens is 1. The highest BCUT2D eigenvalue weighted by molar-refractivity contribution is 5.96. The number of carbonyl (C=O) groups excluding carboxylic acids is 1. The normalized spacial score (nSPS) is 13.8. The molecule has 1 aromatic carbocycles. The Morgan fingerprint density at radius 3 is 2.74 bits per heavy atom. The lowest BCUT2D eigenvalue weighted by Gasteiger charge is -2.10. The molecule has 4 aromatic rings. The average Bonchev–Trinajstić information content (AvgIpc) is 3.24. The highest BCUT2D eigenvalue weighted by Crippen LogP contribution is 2.28. The van der Waals surface area contributed by atoms with Gasteiger partial charge in [0.2, 0.25) is 0 Å². The van der Waals surface area contributed by atoms with Crippen LogP contribution < -0.4 is 5.32 Å². The minimum absolute atomic E-state index is 0.0663. The maximum absolute atomic E-state index is 14.5. The van der Waals surface area contributed by atoms with E-state index in [1.807, 2.05) is 23.6 Å². The van der Waals surface area contributed by atoms with E-state index in [4.69, 9.17) is 0 Å². The summed E-state index contributed by atoms with van der Waals surface area (Å²) in [5.41, 5.74) is 4.46. The van der Waals surface area contributed by atoms with E-state index >= 15 is 0 Å². The topological polar surface area (TPSA) is 64.2 Å². The molecule has 0 unspecified atom stereocenters. The van der Waals surface area contributed by atoms with E-state index in [0.717, 1.165) is 41.0 Å². The third-order valence-corrected chi connectivity index (χ3v) is 5.78. The van der Waals surface area contributed by atoms with Crippen molar-refractivity contribution in [3.63, 3.8) is 0 Å². The molecule has 31 heavy (non-hydrogen) atoms. The third kappa shape index (κ3) is 3.60. The summed E-state index contributed by atoms with van der Waals surface area (Å²) in [6.07, 6.45) is 9.38. The van der Waals surface area contributed by atoms with Crippen molar-refractivity contribution in [3.05, 3.63) is 71.6 Å². The number of hydrogen-bond donors (Lipinski definition) is 1. The number of benzene rings is 1. The van der Waals surface area contributed by atoms with Gasteiger partial charge in [0.1, 0.15) is 11.5 Å². The van der Waals surface area contributed by atoms with Crippen LogP contribution in [-0.4, -0.2) is 31.1 Å². The monoisotopic (exact) mass is 417 g/mol. The summed E-state index contributed by atoms with van der Waals surface area (Å²) in [5.74, 6) is 0.344. The highest BCUT2D eigenvalue weighted by atomic mass is 19.1. The highest BCUT2D eigenvalue weighted by Gasteiger charge is 2.25. The van der Waals surface area contributed by atoms with Crippen molar-refractivity contribution >= 4 is 11.6 Å². The molecule has 1 amide bonds. The molecule has 158 valence electrons. The van der Waals surface area contributed by atoms with Crippen molar-refractivity contribution in [2.75, 3.05) is 0 Å². The predicted octanol–water partition coefficient (Wildman–Crippen LogP) is 4.65. The molecule has 1 aliphatic rings. The Morgan fingerprint density at radius 1 is 1.19 bits per heavy atom. The summed E-state index contributed by atoms with van der Waals surface area (Å²) in [7, 11) is 0. The van der Waals surface area contributed by atoms with Gasteiger partial charge in [0.25, 0.3) is 5.91 Å². The summed E-state index contributed by atoms with van der Waals surface area (Å²) in [5, 5.41) is 7.38. The molecule has 0 spiro atoms. The van der Waals surface area contributed by atoms with Crippen LogP contribution in [0, 0.1) is 12.7 Å². The number of aromatic nitrogens is 4. The van der Waals surface area contributed by atoms with E-state index in [-0.39, 0.29) is 17.5 Å². The number of rotatable bonds is 5. The summed E-state index contributed by atoms with van der Waals surface area (Å²) in [6, 6.07) is 7.29. The van der Waals surface area contributed by atoms with Gasteiger partial charge in [-0.1, -0.05) is 19.9 Å². The van der Waals surface area contributed by atoms with Crippen molar-refractivity contribution in [1.82, 2.24) is 24.5 Å². The molecule has 1 fully saturated rings. The fourth-order valence-corrected chi connectivity index (χ4v) is 3.73. The zero-order chi connectivity index (χ0) is 21.7. The van der Waals surface area contributed by atoms with Gasteiger partial charge in [-0.2, -0.15) is 5.10 Å². The zero-order valence-electron chi connectivity index (χ0n) is 17.8. The van der Waals surface area contributed by atoms with Crippen LogP contribution in [0.1, 0.15) is 54.1 Å². The Labute approximate surface area is 179 Å². The Morgan fingerprint density at radius 2 is 2.00 bits per heavy atom. The van der Waals surface area contributed by atoms with Crippen molar-refractivity contribution in [2.45, 2.75) is 45.6 Å². The summed E-state index contributed by atoms with van der Waals surface area (Å²) < 4.78 is 18.2. The number of imidazole rings is 1. The fourth-order valence-electron chi connectivity index (χ4n) is 3.73.